The number of anilines is 1. The fraction of sp³-hybridized carbons (Fsp3) is 0.636. The Kier molecular flexibility index (Phi) is 9.28. The first-order valence-electron chi connectivity index (χ1n) is 10.4. The zero-order valence-corrected chi connectivity index (χ0v) is 17.8. The Morgan fingerprint density at radius 2 is 2.14 bits per heavy atom. The number of amides is 1. The second-order valence-electron chi connectivity index (χ2n) is 7.96. The monoisotopic (exact) mass is 388 g/mol. The van der Waals surface area contributed by atoms with E-state index in [0.29, 0.717) is 18.9 Å². The molecule has 156 valence electrons. The minimum atomic E-state index is 0.0509. The van der Waals surface area contributed by atoms with Crippen LogP contribution in [0.25, 0.3) is 0 Å². The van der Waals surface area contributed by atoms with Gasteiger partial charge >= 0.3 is 0 Å². The molecule has 0 aromatic heterocycles. The Morgan fingerprint density at radius 1 is 1.36 bits per heavy atom. The molecule has 0 radical (unpaired) electrons. The number of carbonyl (C=O) groups excluding carboxylic acids is 1. The molecule has 1 fully saturated rings. The minimum Gasteiger partial charge on any atom is -0.379 e. The van der Waals surface area contributed by atoms with E-state index in [4.69, 9.17) is 9.73 Å². The first-order chi connectivity index (χ1) is 13.5. The average molecular weight is 389 g/mol. The van der Waals surface area contributed by atoms with Gasteiger partial charge < -0.3 is 20.3 Å². The summed E-state index contributed by atoms with van der Waals surface area (Å²) in [5.74, 6) is 2.06. The summed E-state index contributed by atoms with van der Waals surface area (Å²) < 4.78 is 5.73. The Labute approximate surface area is 169 Å². The van der Waals surface area contributed by atoms with E-state index in [0.717, 1.165) is 49.4 Å². The van der Waals surface area contributed by atoms with Crippen molar-refractivity contribution in [2.75, 3.05) is 38.7 Å². The Balaban J connectivity index is 1.87. The highest BCUT2D eigenvalue weighted by Crippen LogP contribution is 2.28. The predicted molar refractivity (Wildman–Crippen MR) is 116 cm³/mol. The van der Waals surface area contributed by atoms with Gasteiger partial charge in [-0.1, -0.05) is 26.0 Å². The number of nitrogens with zero attached hydrogens (tertiary/aromatic N) is 2. The van der Waals surface area contributed by atoms with E-state index in [1.807, 2.05) is 45.2 Å². The molecule has 2 rings (SSSR count). The molecule has 6 nitrogen and oxygen atoms in total. The number of benzene rings is 1. The predicted octanol–water partition coefficient (Wildman–Crippen LogP) is 3.50. The van der Waals surface area contributed by atoms with Gasteiger partial charge in [-0.2, -0.15) is 0 Å². The maximum Gasteiger partial charge on any atom is 0.224 e. The largest absolute Gasteiger partial charge is 0.379 e. The van der Waals surface area contributed by atoms with Gasteiger partial charge in [0.05, 0.1) is 13.2 Å². The van der Waals surface area contributed by atoms with Crippen molar-refractivity contribution in [2.24, 2.45) is 16.8 Å². The molecule has 0 spiro atoms. The van der Waals surface area contributed by atoms with Crippen molar-refractivity contribution in [3.8, 4) is 0 Å². The lowest BCUT2D eigenvalue weighted by Crippen LogP contribution is -2.40. The van der Waals surface area contributed by atoms with E-state index in [1.165, 1.54) is 12.8 Å². The molecule has 2 N–H and O–H groups in total. The van der Waals surface area contributed by atoms with Gasteiger partial charge in [0.2, 0.25) is 5.91 Å². The molecule has 0 bridgehead atoms. The number of ether oxygens (including phenoxy) is 1. The summed E-state index contributed by atoms with van der Waals surface area (Å²) in [5, 5.41) is 6.30. The summed E-state index contributed by atoms with van der Waals surface area (Å²) in [5.41, 5.74) is 1.89. The number of hydrogen-bond donors (Lipinski definition) is 2. The molecule has 1 aliphatic carbocycles. The van der Waals surface area contributed by atoms with Gasteiger partial charge in [0.15, 0.2) is 5.96 Å². The van der Waals surface area contributed by atoms with Gasteiger partial charge in [0.25, 0.3) is 0 Å². The highest BCUT2D eigenvalue weighted by molar-refractivity contribution is 5.90. The number of carbonyl (C=O) groups is 1. The smallest absolute Gasteiger partial charge is 0.224 e. The number of hydrogen-bond acceptors (Lipinski definition) is 3. The van der Waals surface area contributed by atoms with Crippen LogP contribution >= 0.6 is 0 Å². The van der Waals surface area contributed by atoms with Crippen molar-refractivity contribution in [3.05, 3.63) is 29.8 Å². The number of aliphatic imine (C=N–C) groups is 1. The molecule has 1 aromatic rings. The lowest BCUT2D eigenvalue weighted by atomic mass is 10.1. The van der Waals surface area contributed by atoms with Crippen LogP contribution in [0.3, 0.4) is 0 Å². The van der Waals surface area contributed by atoms with Crippen LogP contribution in [0.15, 0.2) is 29.3 Å². The Hall–Kier alpha value is -2.08. The summed E-state index contributed by atoms with van der Waals surface area (Å²) >= 11 is 0. The van der Waals surface area contributed by atoms with Gasteiger partial charge in [-0.25, -0.2) is 4.99 Å². The molecular weight excluding hydrogens is 352 g/mol. The van der Waals surface area contributed by atoms with Crippen LogP contribution in [0.5, 0.6) is 0 Å². The summed E-state index contributed by atoms with van der Waals surface area (Å²) in [4.78, 5) is 18.8. The van der Waals surface area contributed by atoms with E-state index in [9.17, 15) is 4.79 Å². The third kappa shape index (κ3) is 8.74. The molecule has 0 atom stereocenters. The SMILES string of the molecule is CCNC(=NCc1cccc(NC(=O)CC(C)C)c1)N(C)CCOCC1CC1. The maximum absolute atomic E-state index is 12.0. The van der Waals surface area contributed by atoms with Crippen LogP contribution in [0.2, 0.25) is 0 Å². The number of likely N-dealkylation sites (N-methyl/N-ethyl adjacent to an activating group) is 1. The topological polar surface area (TPSA) is 66.0 Å². The van der Waals surface area contributed by atoms with Crippen LogP contribution < -0.4 is 10.6 Å². The second kappa shape index (κ2) is 11.7. The standard InChI is InChI=1S/C22H36N4O2/c1-5-23-22(26(4)11-12-28-16-18-9-10-18)24-15-19-7-6-8-20(14-19)25-21(27)13-17(2)3/h6-8,14,17-18H,5,9-13,15-16H2,1-4H3,(H,23,24)(H,25,27). The Morgan fingerprint density at radius 3 is 2.82 bits per heavy atom. The third-order valence-electron chi connectivity index (χ3n) is 4.53. The van der Waals surface area contributed by atoms with Gasteiger partial charge in [-0.15, -0.1) is 0 Å². The van der Waals surface area contributed by atoms with Gasteiger partial charge in [0.1, 0.15) is 0 Å². The first kappa shape index (κ1) is 22.2. The molecule has 1 amide bonds. The summed E-state index contributed by atoms with van der Waals surface area (Å²) in [6, 6.07) is 7.89. The summed E-state index contributed by atoms with van der Waals surface area (Å²) in [7, 11) is 2.03. The quantitative estimate of drug-likeness (QED) is 0.346. The molecule has 28 heavy (non-hydrogen) atoms. The van der Waals surface area contributed by atoms with Gasteiger partial charge in [-0.3, -0.25) is 4.79 Å². The highest BCUT2D eigenvalue weighted by Gasteiger charge is 2.21. The van der Waals surface area contributed by atoms with E-state index < -0.39 is 0 Å². The highest BCUT2D eigenvalue weighted by atomic mass is 16.5. The maximum atomic E-state index is 12.0. The molecule has 1 saturated carbocycles. The molecular formula is C22H36N4O2. The number of nitrogens with one attached hydrogen (secondary N) is 2. The lowest BCUT2D eigenvalue weighted by molar-refractivity contribution is -0.116. The number of guanidine groups is 1. The van der Waals surface area contributed by atoms with Crippen molar-refractivity contribution in [2.45, 2.75) is 46.6 Å². The molecule has 6 heteroatoms. The van der Waals surface area contributed by atoms with Crippen LogP contribution in [0, 0.1) is 11.8 Å². The van der Waals surface area contributed by atoms with E-state index >= 15 is 0 Å². The van der Waals surface area contributed by atoms with Gasteiger partial charge in [0, 0.05) is 38.9 Å². The average Bonchev–Trinajstić information content (AvgIpc) is 3.46. The van der Waals surface area contributed by atoms with Crippen LogP contribution in [0.4, 0.5) is 5.69 Å². The fourth-order valence-electron chi connectivity index (χ4n) is 2.81. The van der Waals surface area contributed by atoms with Crippen LogP contribution in [0.1, 0.15) is 45.6 Å². The minimum absolute atomic E-state index is 0.0509. The molecule has 1 aromatic carbocycles. The van der Waals surface area contributed by atoms with Crippen molar-refractivity contribution < 1.29 is 9.53 Å². The van der Waals surface area contributed by atoms with Crippen molar-refractivity contribution in [1.29, 1.82) is 0 Å². The normalized spacial score (nSPS) is 14.2. The van der Waals surface area contributed by atoms with E-state index in [-0.39, 0.29) is 5.91 Å². The fourth-order valence-corrected chi connectivity index (χ4v) is 2.81. The van der Waals surface area contributed by atoms with Crippen molar-refractivity contribution in [3.63, 3.8) is 0 Å². The molecule has 0 aliphatic heterocycles. The zero-order chi connectivity index (χ0) is 20.4. The number of rotatable bonds is 11. The summed E-state index contributed by atoms with van der Waals surface area (Å²) in [6.45, 7) is 9.94. The van der Waals surface area contributed by atoms with Gasteiger partial charge in [-0.05, 0) is 49.3 Å². The molecule has 1 aliphatic rings. The Bertz CT molecular complexity index is 641. The zero-order valence-electron chi connectivity index (χ0n) is 17.8. The third-order valence-corrected chi connectivity index (χ3v) is 4.53. The van der Waals surface area contributed by atoms with Crippen molar-refractivity contribution >= 4 is 17.6 Å². The van der Waals surface area contributed by atoms with E-state index in [2.05, 4.69) is 22.5 Å². The van der Waals surface area contributed by atoms with Crippen molar-refractivity contribution in [1.82, 2.24) is 10.2 Å². The molecule has 0 heterocycles. The first-order valence-corrected chi connectivity index (χ1v) is 10.4. The lowest BCUT2D eigenvalue weighted by Gasteiger charge is -2.22. The van der Waals surface area contributed by atoms with Crippen LogP contribution in [-0.2, 0) is 16.1 Å². The second-order valence-corrected chi connectivity index (χ2v) is 7.96. The van der Waals surface area contributed by atoms with Crippen LogP contribution in [-0.4, -0.2) is 50.1 Å². The molecule has 0 saturated heterocycles. The van der Waals surface area contributed by atoms with E-state index in [1.54, 1.807) is 0 Å². The molecule has 0 unspecified atom stereocenters. The summed E-state index contributed by atoms with van der Waals surface area (Å²) in [6.07, 6.45) is 3.16.